The van der Waals surface area contributed by atoms with E-state index in [2.05, 4.69) is 94.8 Å². The van der Waals surface area contributed by atoms with Gasteiger partial charge in [0.2, 0.25) is 11.0 Å². The van der Waals surface area contributed by atoms with Crippen LogP contribution in [0.25, 0.3) is 32.9 Å². The Kier molecular flexibility index (Phi) is 3.84. The van der Waals surface area contributed by atoms with Crippen LogP contribution < -0.4 is 4.57 Å². The largest absolute Gasteiger partial charge is 0.213 e. The van der Waals surface area contributed by atoms with E-state index in [0.29, 0.717) is 0 Å². The van der Waals surface area contributed by atoms with Crippen LogP contribution in [0.5, 0.6) is 0 Å². The molecule has 0 bridgehead atoms. The summed E-state index contributed by atoms with van der Waals surface area (Å²) in [6.45, 7) is 11.0. The molecule has 0 atom stereocenters. The maximum absolute atomic E-state index is 2.34. The molecule has 1 heterocycles. The van der Waals surface area contributed by atoms with Gasteiger partial charge in [-0.05, 0) is 63.4 Å². The molecule has 0 aliphatic heterocycles. The molecule has 4 aromatic rings. The highest BCUT2D eigenvalue weighted by atomic mass is 14.9. The van der Waals surface area contributed by atoms with Crippen LogP contribution in [0.2, 0.25) is 0 Å². The van der Waals surface area contributed by atoms with Crippen molar-refractivity contribution in [3.63, 3.8) is 0 Å². The average Bonchev–Trinajstić information content (AvgIpc) is 2.56. The average molecular weight is 340 g/mol. The molecule has 0 aliphatic carbocycles. The second-order valence-electron chi connectivity index (χ2n) is 7.75. The Bertz CT molecular complexity index is 1100. The lowest BCUT2D eigenvalue weighted by Gasteiger charge is -2.16. The van der Waals surface area contributed by atoms with Gasteiger partial charge in [0.05, 0.1) is 10.8 Å². The summed E-state index contributed by atoms with van der Waals surface area (Å²) in [4.78, 5) is 0. The number of hydrogen-bond acceptors (Lipinski definition) is 0. The van der Waals surface area contributed by atoms with Gasteiger partial charge in [-0.2, -0.15) is 4.57 Å². The van der Waals surface area contributed by atoms with Gasteiger partial charge < -0.3 is 0 Å². The first-order valence-electron chi connectivity index (χ1n) is 9.28. The van der Waals surface area contributed by atoms with Crippen molar-refractivity contribution in [1.29, 1.82) is 0 Å². The molecule has 0 amide bonds. The molecule has 1 aromatic heterocycles. The fraction of sp³-hybridized carbons (Fsp3) is 0.240. The molecule has 0 fully saturated rings. The maximum atomic E-state index is 2.34. The van der Waals surface area contributed by atoms with Crippen LogP contribution in [-0.4, -0.2) is 0 Å². The number of nitrogens with zero attached hydrogens (tertiary/aromatic N) is 1. The first kappa shape index (κ1) is 16.8. The summed E-state index contributed by atoms with van der Waals surface area (Å²) in [5, 5.41) is 2.67. The van der Waals surface area contributed by atoms with Crippen molar-refractivity contribution in [2.75, 3.05) is 0 Å². The molecule has 0 saturated carbocycles. The highest BCUT2D eigenvalue weighted by molar-refractivity contribution is 6.08. The Hall–Kier alpha value is -2.67. The summed E-state index contributed by atoms with van der Waals surface area (Å²) in [6, 6.07) is 18.2. The Balaban J connectivity index is 2.31. The predicted molar refractivity (Wildman–Crippen MR) is 112 cm³/mol. The highest BCUT2D eigenvalue weighted by Crippen LogP contribution is 2.38. The lowest BCUT2D eigenvalue weighted by atomic mass is 9.88. The van der Waals surface area contributed by atoms with Crippen molar-refractivity contribution < 1.29 is 4.57 Å². The summed E-state index contributed by atoms with van der Waals surface area (Å²) in [5.41, 5.74) is 11.9. The zero-order chi connectivity index (χ0) is 18.6. The lowest BCUT2D eigenvalue weighted by Crippen LogP contribution is -2.30. The first-order chi connectivity index (χ1) is 12.4. The molecule has 3 aromatic carbocycles. The predicted octanol–water partition coefficient (Wildman–Crippen LogP) is 6.03. The Labute approximate surface area is 155 Å². The van der Waals surface area contributed by atoms with E-state index in [1.807, 2.05) is 0 Å². The van der Waals surface area contributed by atoms with Gasteiger partial charge in [-0.3, -0.25) is 0 Å². The van der Waals surface area contributed by atoms with Crippen molar-refractivity contribution in [2.24, 2.45) is 7.05 Å². The zero-order valence-corrected chi connectivity index (χ0v) is 16.6. The summed E-state index contributed by atoms with van der Waals surface area (Å²) >= 11 is 0. The fourth-order valence-corrected chi connectivity index (χ4v) is 4.40. The molecule has 0 aliphatic rings. The van der Waals surface area contributed by atoms with Gasteiger partial charge in [-0.25, -0.2) is 0 Å². The second kappa shape index (κ2) is 5.95. The number of aromatic nitrogens is 1. The smallest absolute Gasteiger partial charge is 0.194 e. The SMILES string of the molecule is Cc1cc(C)c(-c2c3cc(C)ccc3[n+](C)c3ccc(C)cc23)c(C)c1. The van der Waals surface area contributed by atoms with Crippen LogP contribution in [0.15, 0.2) is 48.5 Å². The number of benzene rings is 3. The van der Waals surface area contributed by atoms with E-state index in [-0.39, 0.29) is 0 Å². The van der Waals surface area contributed by atoms with Crippen LogP contribution in [0, 0.1) is 34.6 Å². The van der Waals surface area contributed by atoms with Crippen molar-refractivity contribution >= 4 is 21.8 Å². The van der Waals surface area contributed by atoms with Gasteiger partial charge in [0.15, 0.2) is 0 Å². The third kappa shape index (κ3) is 2.50. The number of fused-ring (bicyclic) bond motifs is 2. The third-order valence-electron chi connectivity index (χ3n) is 5.49. The van der Waals surface area contributed by atoms with Crippen molar-refractivity contribution in [2.45, 2.75) is 34.6 Å². The summed E-state index contributed by atoms with van der Waals surface area (Å²) in [5.74, 6) is 0. The van der Waals surface area contributed by atoms with E-state index in [4.69, 9.17) is 0 Å². The lowest BCUT2D eigenvalue weighted by molar-refractivity contribution is -0.617. The minimum absolute atomic E-state index is 1.28. The quantitative estimate of drug-likeness (QED) is 0.294. The molecule has 130 valence electrons. The minimum Gasteiger partial charge on any atom is -0.194 e. The molecule has 0 radical (unpaired) electrons. The Morgan fingerprint density at radius 3 is 1.46 bits per heavy atom. The maximum Gasteiger partial charge on any atom is 0.213 e. The Morgan fingerprint density at radius 2 is 1.00 bits per heavy atom. The van der Waals surface area contributed by atoms with Crippen LogP contribution in [0.4, 0.5) is 0 Å². The second-order valence-corrected chi connectivity index (χ2v) is 7.75. The van der Waals surface area contributed by atoms with Crippen molar-refractivity contribution in [3.05, 3.63) is 76.3 Å². The van der Waals surface area contributed by atoms with Crippen LogP contribution in [0.3, 0.4) is 0 Å². The molecule has 0 saturated heterocycles. The van der Waals surface area contributed by atoms with Gasteiger partial charge in [0.25, 0.3) is 0 Å². The highest BCUT2D eigenvalue weighted by Gasteiger charge is 2.21. The van der Waals surface area contributed by atoms with E-state index in [9.17, 15) is 0 Å². The van der Waals surface area contributed by atoms with Gasteiger partial charge in [0.1, 0.15) is 7.05 Å². The molecular formula is C25H26N+. The van der Waals surface area contributed by atoms with Crippen LogP contribution >= 0.6 is 0 Å². The summed E-state index contributed by atoms with van der Waals surface area (Å²) in [6.07, 6.45) is 0. The fourth-order valence-electron chi connectivity index (χ4n) is 4.40. The molecule has 0 N–H and O–H groups in total. The van der Waals surface area contributed by atoms with Crippen LogP contribution in [-0.2, 0) is 7.05 Å². The molecule has 0 unspecified atom stereocenters. The molecule has 26 heavy (non-hydrogen) atoms. The Morgan fingerprint density at radius 1 is 0.538 bits per heavy atom. The van der Waals surface area contributed by atoms with Crippen LogP contribution in [0.1, 0.15) is 27.8 Å². The normalized spacial score (nSPS) is 11.5. The number of aryl methyl sites for hydroxylation is 6. The zero-order valence-electron chi connectivity index (χ0n) is 16.6. The van der Waals surface area contributed by atoms with Gasteiger partial charge >= 0.3 is 0 Å². The van der Waals surface area contributed by atoms with E-state index >= 15 is 0 Å². The van der Waals surface area contributed by atoms with Crippen molar-refractivity contribution in [1.82, 2.24) is 0 Å². The summed E-state index contributed by atoms with van der Waals surface area (Å²) in [7, 11) is 2.17. The third-order valence-corrected chi connectivity index (χ3v) is 5.49. The summed E-state index contributed by atoms with van der Waals surface area (Å²) < 4.78 is 2.33. The molecular weight excluding hydrogens is 314 g/mol. The van der Waals surface area contributed by atoms with Gasteiger partial charge in [-0.15, -0.1) is 0 Å². The van der Waals surface area contributed by atoms with Crippen molar-refractivity contribution in [3.8, 4) is 11.1 Å². The van der Waals surface area contributed by atoms with Gasteiger partial charge in [-0.1, -0.05) is 41.0 Å². The van der Waals surface area contributed by atoms with Gasteiger partial charge in [0, 0.05) is 17.7 Å². The van der Waals surface area contributed by atoms with E-state index in [0.717, 1.165) is 0 Å². The van der Waals surface area contributed by atoms with E-state index in [1.54, 1.807) is 0 Å². The number of pyridine rings is 1. The monoisotopic (exact) mass is 340 g/mol. The molecule has 4 rings (SSSR count). The molecule has 1 heteroatoms. The first-order valence-corrected chi connectivity index (χ1v) is 9.28. The van der Waals surface area contributed by atoms with E-state index in [1.165, 1.54) is 60.8 Å². The number of rotatable bonds is 1. The van der Waals surface area contributed by atoms with E-state index < -0.39 is 0 Å². The standard InChI is InChI=1S/C25H26N/c1-15-7-9-22-20(13-15)25(24-18(4)11-17(3)12-19(24)5)21-14-16(2)8-10-23(21)26(22)6/h7-14H,1-6H3/q+1. The number of hydrogen-bond donors (Lipinski definition) is 0. The molecule has 1 nitrogen and oxygen atoms in total. The molecule has 0 spiro atoms. The minimum atomic E-state index is 1.28. The topological polar surface area (TPSA) is 3.88 Å².